The number of nitrogens with two attached hydrogens (primary N) is 1. The summed E-state index contributed by atoms with van der Waals surface area (Å²) in [5.41, 5.74) is 6.76. The van der Waals surface area contributed by atoms with Crippen molar-refractivity contribution in [2.24, 2.45) is 0 Å². The van der Waals surface area contributed by atoms with Gasteiger partial charge in [-0.25, -0.2) is 18.7 Å². The highest BCUT2D eigenvalue weighted by Gasteiger charge is 2.17. The van der Waals surface area contributed by atoms with Crippen LogP contribution in [-0.2, 0) is 13.1 Å². The monoisotopic (exact) mass is 361 g/mol. The number of aromatic nitrogens is 3. The van der Waals surface area contributed by atoms with Crippen molar-refractivity contribution in [1.29, 1.82) is 0 Å². The molecular formula is C17H17F2N5O2. The van der Waals surface area contributed by atoms with Gasteiger partial charge in [0.2, 0.25) is 5.95 Å². The summed E-state index contributed by atoms with van der Waals surface area (Å²) in [7, 11) is 1.28. The molecule has 7 nitrogen and oxygen atoms in total. The number of aryl methyl sites for hydroxylation is 1. The standard InChI is InChI=1S/C17H17F2N5O2/c1-3-24-15-12(23-17(24)20)6-9(7-21-15)16(25)22-8-10-11(18)4-5-13(26-2)14(10)19/h4-7H,3,8H2,1-2H3,(H2,20,23)(H,22,25). The van der Waals surface area contributed by atoms with Gasteiger partial charge in [0.15, 0.2) is 17.2 Å². The Kier molecular flexibility index (Phi) is 4.70. The van der Waals surface area contributed by atoms with E-state index in [1.54, 1.807) is 4.57 Å². The van der Waals surface area contributed by atoms with E-state index in [1.165, 1.54) is 25.4 Å². The van der Waals surface area contributed by atoms with Gasteiger partial charge in [-0.05, 0) is 25.1 Å². The van der Waals surface area contributed by atoms with Crippen LogP contribution in [-0.4, -0.2) is 27.6 Å². The summed E-state index contributed by atoms with van der Waals surface area (Å²) in [4.78, 5) is 20.7. The molecule has 2 heterocycles. The minimum atomic E-state index is -0.851. The van der Waals surface area contributed by atoms with Crippen LogP contribution in [0.25, 0.3) is 11.2 Å². The van der Waals surface area contributed by atoms with Crippen molar-refractivity contribution in [2.45, 2.75) is 20.0 Å². The number of amides is 1. The fourth-order valence-corrected chi connectivity index (χ4v) is 2.63. The molecule has 3 rings (SSSR count). The van der Waals surface area contributed by atoms with Crippen LogP contribution in [0.2, 0.25) is 0 Å². The quantitative estimate of drug-likeness (QED) is 0.727. The minimum Gasteiger partial charge on any atom is -0.494 e. The lowest BCUT2D eigenvalue weighted by atomic mass is 10.1. The first-order valence-electron chi connectivity index (χ1n) is 7.87. The fraction of sp³-hybridized carbons (Fsp3) is 0.235. The Labute approximate surface area is 147 Å². The van der Waals surface area contributed by atoms with Crippen LogP contribution in [0.5, 0.6) is 5.75 Å². The largest absolute Gasteiger partial charge is 0.494 e. The third-order valence-corrected chi connectivity index (χ3v) is 3.99. The van der Waals surface area contributed by atoms with Crippen molar-refractivity contribution < 1.29 is 18.3 Å². The second-order valence-corrected chi connectivity index (χ2v) is 5.51. The van der Waals surface area contributed by atoms with Gasteiger partial charge in [-0.15, -0.1) is 0 Å². The molecule has 3 aromatic rings. The Morgan fingerprint density at radius 3 is 2.85 bits per heavy atom. The van der Waals surface area contributed by atoms with Crippen molar-refractivity contribution in [2.75, 3.05) is 12.8 Å². The molecule has 2 aromatic heterocycles. The van der Waals surface area contributed by atoms with E-state index in [9.17, 15) is 13.6 Å². The molecule has 3 N–H and O–H groups in total. The van der Waals surface area contributed by atoms with Gasteiger partial charge in [0, 0.05) is 24.8 Å². The minimum absolute atomic E-state index is 0.0979. The summed E-state index contributed by atoms with van der Waals surface area (Å²) < 4.78 is 34.5. The number of halogens is 2. The molecule has 1 amide bonds. The highest BCUT2D eigenvalue weighted by atomic mass is 19.1. The molecule has 0 saturated heterocycles. The molecule has 0 bridgehead atoms. The van der Waals surface area contributed by atoms with Crippen LogP contribution < -0.4 is 15.8 Å². The molecule has 0 aliphatic rings. The summed E-state index contributed by atoms with van der Waals surface area (Å²) in [6, 6.07) is 3.79. The first-order valence-corrected chi connectivity index (χ1v) is 7.87. The Balaban J connectivity index is 1.82. The van der Waals surface area contributed by atoms with Gasteiger partial charge in [0.1, 0.15) is 11.3 Å². The number of hydrogen-bond acceptors (Lipinski definition) is 5. The predicted molar refractivity (Wildman–Crippen MR) is 91.7 cm³/mol. The lowest BCUT2D eigenvalue weighted by molar-refractivity contribution is 0.0950. The van der Waals surface area contributed by atoms with Crippen LogP contribution in [0.3, 0.4) is 0 Å². The highest BCUT2D eigenvalue weighted by molar-refractivity contribution is 5.96. The van der Waals surface area contributed by atoms with Gasteiger partial charge in [0.05, 0.1) is 12.7 Å². The first kappa shape index (κ1) is 17.6. The second-order valence-electron chi connectivity index (χ2n) is 5.51. The van der Waals surface area contributed by atoms with Gasteiger partial charge in [-0.2, -0.15) is 0 Å². The lowest BCUT2D eigenvalue weighted by Crippen LogP contribution is -2.24. The number of rotatable bonds is 5. The number of carbonyl (C=O) groups is 1. The SMILES string of the molecule is CCn1c(N)nc2cc(C(=O)NCc3c(F)ccc(OC)c3F)cnc21. The zero-order valence-corrected chi connectivity index (χ0v) is 14.2. The zero-order valence-electron chi connectivity index (χ0n) is 14.2. The Bertz CT molecular complexity index is 987. The Morgan fingerprint density at radius 2 is 2.15 bits per heavy atom. The maximum absolute atomic E-state index is 14.1. The van der Waals surface area contributed by atoms with Gasteiger partial charge < -0.3 is 15.8 Å². The average Bonchev–Trinajstić information content (AvgIpc) is 2.95. The number of imidazole rings is 1. The van der Waals surface area contributed by atoms with Crippen molar-refractivity contribution in [3.05, 3.63) is 47.2 Å². The molecule has 136 valence electrons. The smallest absolute Gasteiger partial charge is 0.253 e. The number of hydrogen-bond donors (Lipinski definition) is 2. The number of methoxy groups -OCH3 is 1. The average molecular weight is 361 g/mol. The van der Waals surface area contributed by atoms with E-state index in [0.29, 0.717) is 23.7 Å². The zero-order chi connectivity index (χ0) is 18.8. The number of pyridine rings is 1. The van der Waals surface area contributed by atoms with Crippen molar-refractivity contribution in [1.82, 2.24) is 19.9 Å². The maximum Gasteiger partial charge on any atom is 0.253 e. The highest BCUT2D eigenvalue weighted by Crippen LogP contribution is 2.23. The van der Waals surface area contributed by atoms with E-state index in [2.05, 4.69) is 15.3 Å². The third kappa shape index (κ3) is 3.03. The summed E-state index contributed by atoms with van der Waals surface area (Å²) in [6.45, 7) is 2.16. The van der Waals surface area contributed by atoms with Crippen LogP contribution in [0.15, 0.2) is 24.4 Å². The van der Waals surface area contributed by atoms with Crippen LogP contribution in [0, 0.1) is 11.6 Å². The molecule has 0 spiro atoms. The molecule has 1 aromatic carbocycles. The number of fused-ring (bicyclic) bond motifs is 1. The predicted octanol–water partition coefficient (Wildman–Crippen LogP) is 2.25. The number of benzene rings is 1. The summed E-state index contributed by atoms with van der Waals surface area (Å²) in [6.07, 6.45) is 1.36. The lowest BCUT2D eigenvalue weighted by Gasteiger charge is -2.10. The molecule has 0 aliphatic heterocycles. The number of nitrogens with one attached hydrogen (secondary N) is 1. The number of anilines is 1. The van der Waals surface area contributed by atoms with E-state index in [-0.39, 0.29) is 23.4 Å². The number of nitrogens with zero attached hydrogens (tertiary/aromatic N) is 3. The molecule has 0 saturated carbocycles. The van der Waals surface area contributed by atoms with Gasteiger partial charge in [0.25, 0.3) is 5.91 Å². The van der Waals surface area contributed by atoms with E-state index in [1.807, 2.05) is 6.92 Å². The van der Waals surface area contributed by atoms with Crippen molar-refractivity contribution >= 4 is 23.0 Å². The van der Waals surface area contributed by atoms with Gasteiger partial charge in [-0.1, -0.05) is 0 Å². The number of ether oxygens (including phenoxy) is 1. The summed E-state index contributed by atoms with van der Waals surface area (Å²) >= 11 is 0. The Hall–Kier alpha value is -3.23. The molecule has 26 heavy (non-hydrogen) atoms. The van der Waals surface area contributed by atoms with E-state index in [4.69, 9.17) is 10.5 Å². The van der Waals surface area contributed by atoms with Crippen LogP contribution in [0.4, 0.5) is 14.7 Å². The normalized spacial score (nSPS) is 10.9. The van der Waals surface area contributed by atoms with Crippen LogP contribution >= 0.6 is 0 Å². The van der Waals surface area contributed by atoms with E-state index < -0.39 is 17.5 Å². The molecule has 0 aliphatic carbocycles. The third-order valence-electron chi connectivity index (χ3n) is 3.99. The topological polar surface area (TPSA) is 95.1 Å². The van der Waals surface area contributed by atoms with E-state index >= 15 is 0 Å². The molecule has 0 unspecified atom stereocenters. The summed E-state index contributed by atoms with van der Waals surface area (Å²) in [5.74, 6) is -1.96. The second kappa shape index (κ2) is 6.95. The number of carbonyl (C=O) groups excluding carboxylic acids is 1. The maximum atomic E-state index is 14.1. The van der Waals surface area contributed by atoms with Gasteiger partial charge in [-0.3, -0.25) is 9.36 Å². The molecule has 9 heteroatoms. The molecule has 0 fully saturated rings. The van der Waals surface area contributed by atoms with Crippen molar-refractivity contribution in [3.63, 3.8) is 0 Å². The molecule has 0 atom stereocenters. The summed E-state index contributed by atoms with van der Waals surface area (Å²) in [5, 5.41) is 2.47. The first-order chi connectivity index (χ1) is 12.5. The Morgan fingerprint density at radius 1 is 1.38 bits per heavy atom. The van der Waals surface area contributed by atoms with Crippen LogP contribution in [0.1, 0.15) is 22.8 Å². The fourth-order valence-electron chi connectivity index (χ4n) is 2.63. The molecule has 0 radical (unpaired) electrons. The molecular weight excluding hydrogens is 344 g/mol. The number of nitrogen functional groups attached to an aromatic ring is 1. The van der Waals surface area contributed by atoms with Gasteiger partial charge >= 0.3 is 0 Å². The van der Waals surface area contributed by atoms with Crippen molar-refractivity contribution in [3.8, 4) is 5.75 Å². The van der Waals surface area contributed by atoms with E-state index in [0.717, 1.165) is 6.07 Å².